The molecule has 0 bridgehead atoms. The number of aromatic nitrogens is 4. The quantitative estimate of drug-likeness (QED) is 0.368. The van der Waals surface area contributed by atoms with Crippen molar-refractivity contribution in [2.24, 2.45) is 0 Å². The summed E-state index contributed by atoms with van der Waals surface area (Å²) in [5, 5.41) is 13.2. The van der Waals surface area contributed by atoms with Crippen molar-refractivity contribution < 1.29 is 9.53 Å². The van der Waals surface area contributed by atoms with Gasteiger partial charge in [-0.15, -0.1) is 0 Å². The van der Waals surface area contributed by atoms with Gasteiger partial charge in [0, 0.05) is 16.2 Å². The van der Waals surface area contributed by atoms with Crippen LogP contribution < -0.4 is 10.1 Å². The molecule has 2 aromatic carbocycles. The third-order valence-corrected chi connectivity index (χ3v) is 5.91. The topological polar surface area (TPSA) is 74.0 Å². The first-order chi connectivity index (χ1) is 15.8. The zero-order valence-corrected chi connectivity index (χ0v) is 20.0. The van der Waals surface area contributed by atoms with Crippen LogP contribution in [-0.2, 0) is 13.3 Å². The van der Waals surface area contributed by atoms with Gasteiger partial charge in [0.05, 0.1) is 23.6 Å². The third kappa shape index (κ3) is 5.38. The second-order valence-electron chi connectivity index (χ2n) is 7.71. The molecule has 0 aliphatic heterocycles. The van der Waals surface area contributed by atoms with Crippen molar-refractivity contribution in [3.05, 3.63) is 93.0 Å². The van der Waals surface area contributed by atoms with E-state index in [1.165, 1.54) is 0 Å². The number of hydrogen-bond donors (Lipinski definition) is 1. The zero-order valence-electron chi connectivity index (χ0n) is 18.5. The highest BCUT2D eigenvalue weighted by Gasteiger charge is 2.17. The molecule has 7 nitrogen and oxygen atoms in total. The van der Waals surface area contributed by atoms with Gasteiger partial charge in [-0.05, 0) is 68.3 Å². The van der Waals surface area contributed by atoms with Crippen LogP contribution in [0, 0.1) is 20.8 Å². The average molecular weight is 484 g/mol. The number of nitrogens with zero attached hydrogens (tertiary/aromatic N) is 4. The average Bonchev–Trinajstić information content (AvgIpc) is 3.37. The molecule has 0 aliphatic rings. The Bertz CT molecular complexity index is 1290. The van der Waals surface area contributed by atoms with Crippen LogP contribution in [0.2, 0.25) is 10.0 Å². The van der Waals surface area contributed by atoms with E-state index >= 15 is 0 Å². The van der Waals surface area contributed by atoms with Crippen LogP contribution in [0.3, 0.4) is 0 Å². The molecular weight excluding hydrogens is 461 g/mol. The van der Waals surface area contributed by atoms with Gasteiger partial charge in [0.15, 0.2) is 12.4 Å². The number of amides is 1. The highest BCUT2D eigenvalue weighted by atomic mass is 35.5. The van der Waals surface area contributed by atoms with Crippen LogP contribution in [0.1, 0.15) is 33.0 Å². The Labute approximate surface area is 201 Å². The number of aryl methyl sites for hydroxylation is 2. The monoisotopic (exact) mass is 483 g/mol. The number of halogens is 2. The molecule has 0 radical (unpaired) electrons. The molecule has 2 heterocycles. The maximum absolute atomic E-state index is 12.8. The minimum Gasteiger partial charge on any atom is -0.471 e. The summed E-state index contributed by atoms with van der Waals surface area (Å²) in [5.74, 6) is 0.367. The van der Waals surface area contributed by atoms with Gasteiger partial charge in [-0.2, -0.15) is 10.2 Å². The fraction of sp³-hybridized carbons (Fsp3) is 0.208. The van der Waals surface area contributed by atoms with E-state index in [1.54, 1.807) is 29.1 Å². The molecule has 4 rings (SSSR count). The summed E-state index contributed by atoms with van der Waals surface area (Å²) in [4.78, 5) is 12.8. The number of hydrogen-bond acceptors (Lipinski definition) is 4. The number of carbonyl (C=O) groups is 1. The molecule has 4 aromatic rings. The summed E-state index contributed by atoms with van der Waals surface area (Å²) < 4.78 is 9.15. The van der Waals surface area contributed by atoms with Crippen LogP contribution >= 0.6 is 23.2 Å². The van der Waals surface area contributed by atoms with Gasteiger partial charge in [0.25, 0.3) is 5.91 Å². The molecule has 0 unspecified atom stereocenters. The van der Waals surface area contributed by atoms with Gasteiger partial charge in [0.1, 0.15) is 5.75 Å². The lowest BCUT2D eigenvalue weighted by molar-refractivity contribution is 0.102. The summed E-state index contributed by atoms with van der Waals surface area (Å²) in [6.07, 6.45) is 1.70. The number of rotatable bonds is 7. The van der Waals surface area contributed by atoms with Crippen molar-refractivity contribution in [1.29, 1.82) is 0 Å². The molecule has 0 saturated heterocycles. The summed E-state index contributed by atoms with van der Waals surface area (Å²) in [6.45, 7) is 6.45. The molecule has 33 heavy (non-hydrogen) atoms. The number of nitrogens with one attached hydrogen (secondary N) is 1. The van der Waals surface area contributed by atoms with Crippen LogP contribution in [0.25, 0.3) is 0 Å². The first kappa shape index (κ1) is 22.9. The van der Waals surface area contributed by atoms with E-state index in [1.807, 2.05) is 55.8 Å². The Morgan fingerprint density at radius 2 is 1.79 bits per heavy atom. The summed E-state index contributed by atoms with van der Waals surface area (Å²) >= 11 is 12.0. The molecular formula is C24H23Cl2N5O2. The van der Waals surface area contributed by atoms with Crippen molar-refractivity contribution in [1.82, 2.24) is 19.6 Å². The minimum absolute atomic E-state index is 0.172. The second-order valence-corrected chi connectivity index (χ2v) is 8.55. The first-order valence-corrected chi connectivity index (χ1v) is 11.1. The largest absolute Gasteiger partial charge is 0.471 e. The lowest BCUT2D eigenvalue weighted by Crippen LogP contribution is -2.15. The lowest BCUT2D eigenvalue weighted by Gasteiger charge is -2.08. The Morgan fingerprint density at radius 1 is 1.03 bits per heavy atom. The number of benzene rings is 2. The molecule has 1 amide bonds. The predicted molar refractivity (Wildman–Crippen MR) is 129 cm³/mol. The van der Waals surface area contributed by atoms with Crippen molar-refractivity contribution >= 4 is 34.8 Å². The number of carbonyl (C=O) groups excluding carboxylic acids is 1. The number of ether oxygens (including phenoxy) is 1. The van der Waals surface area contributed by atoms with Crippen LogP contribution in [-0.4, -0.2) is 25.5 Å². The van der Waals surface area contributed by atoms with E-state index in [0.717, 1.165) is 22.5 Å². The summed E-state index contributed by atoms with van der Waals surface area (Å²) in [6, 6.07) is 14.7. The smallest absolute Gasteiger partial charge is 0.276 e. The van der Waals surface area contributed by atoms with Gasteiger partial charge in [-0.1, -0.05) is 35.3 Å². The molecule has 0 fully saturated rings. The van der Waals surface area contributed by atoms with Gasteiger partial charge >= 0.3 is 0 Å². The maximum Gasteiger partial charge on any atom is 0.276 e. The van der Waals surface area contributed by atoms with Crippen LogP contribution in [0.15, 0.2) is 54.7 Å². The summed E-state index contributed by atoms with van der Waals surface area (Å²) in [5.41, 5.74) is 4.55. The van der Waals surface area contributed by atoms with Gasteiger partial charge in [-0.25, -0.2) is 4.68 Å². The molecule has 0 aliphatic carbocycles. The minimum atomic E-state index is -0.312. The first-order valence-electron chi connectivity index (χ1n) is 10.3. The Balaban J connectivity index is 1.41. The van der Waals surface area contributed by atoms with E-state index in [9.17, 15) is 4.79 Å². The lowest BCUT2D eigenvalue weighted by atomic mass is 10.2. The van der Waals surface area contributed by atoms with Crippen molar-refractivity contribution in [3.63, 3.8) is 0 Å². The van der Waals surface area contributed by atoms with Crippen LogP contribution in [0.5, 0.6) is 5.75 Å². The third-order valence-electron chi connectivity index (χ3n) is 5.23. The predicted octanol–water partition coefficient (Wildman–Crippen LogP) is 5.65. The zero-order chi connectivity index (χ0) is 23.5. The Morgan fingerprint density at radius 3 is 2.52 bits per heavy atom. The fourth-order valence-corrected chi connectivity index (χ4v) is 3.62. The maximum atomic E-state index is 12.8. The standard InChI is InChI=1S/C24H23Cl2N5O2/c1-15-12-20(8-9-21(15)26)33-14-30-11-10-22(29-30)24(32)27-23-16(2)28-31(17(23)3)13-18-4-6-19(25)7-5-18/h4-12H,13-14H2,1-3H3,(H,27,32). The highest BCUT2D eigenvalue weighted by Crippen LogP contribution is 2.23. The normalized spacial score (nSPS) is 10.9. The highest BCUT2D eigenvalue weighted by molar-refractivity contribution is 6.31. The number of anilines is 1. The molecule has 0 saturated carbocycles. The molecule has 0 atom stereocenters. The van der Waals surface area contributed by atoms with E-state index < -0.39 is 0 Å². The molecule has 0 spiro atoms. The molecule has 170 valence electrons. The van der Waals surface area contributed by atoms with Crippen molar-refractivity contribution in [2.75, 3.05) is 5.32 Å². The van der Waals surface area contributed by atoms with E-state index in [-0.39, 0.29) is 18.3 Å². The van der Waals surface area contributed by atoms with E-state index in [0.29, 0.717) is 28.0 Å². The Kier molecular flexibility index (Phi) is 6.72. The van der Waals surface area contributed by atoms with Gasteiger partial charge < -0.3 is 10.1 Å². The second kappa shape index (κ2) is 9.68. The molecule has 9 heteroatoms. The summed E-state index contributed by atoms with van der Waals surface area (Å²) in [7, 11) is 0. The van der Waals surface area contributed by atoms with E-state index in [4.69, 9.17) is 27.9 Å². The van der Waals surface area contributed by atoms with Crippen molar-refractivity contribution in [2.45, 2.75) is 34.0 Å². The van der Waals surface area contributed by atoms with Gasteiger partial charge in [-0.3, -0.25) is 9.48 Å². The van der Waals surface area contributed by atoms with Crippen molar-refractivity contribution in [3.8, 4) is 5.75 Å². The van der Waals surface area contributed by atoms with E-state index in [2.05, 4.69) is 15.5 Å². The van der Waals surface area contributed by atoms with Crippen LogP contribution in [0.4, 0.5) is 5.69 Å². The SMILES string of the molecule is Cc1cc(OCn2ccc(C(=O)Nc3c(C)nn(Cc4ccc(Cl)cc4)c3C)n2)ccc1Cl. The fourth-order valence-electron chi connectivity index (χ4n) is 3.37. The molecule has 1 N–H and O–H groups in total. The Hall–Kier alpha value is -3.29. The van der Waals surface area contributed by atoms with Gasteiger partial charge in [0.2, 0.25) is 0 Å². The molecule has 2 aromatic heterocycles.